The summed E-state index contributed by atoms with van der Waals surface area (Å²) in [6.07, 6.45) is -0.386. The molecule has 2 N–H and O–H groups in total. The molecule has 2 aromatic rings. The highest BCUT2D eigenvalue weighted by Gasteiger charge is 2.26. The molecular weight excluding hydrogens is 258 g/mol. The van der Waals surface area contributed by atoms with Crippen LogP contribution in [0.1, 0.15) is 23.2 Å². The molecule has 6 heteroatoms. The minimum absolute atomic E-state index is 0.0996. The molecule has 102 valence electrons. The van der Waals surface area contributed by atoms with E-state index in [0.717, 1.165) is 5.69 Å². The summed E-state index contributed by atoms with van der Waals surface area (Å²) in [7, 11) is 0. The first-order chi connectivity index (χ1) is 9.81. The standard InChI is InChI=1S/C14H13N3O3/c18-14-8-5-15-6-9(8)16-13(17-14)12-7-19-10-3-1-2-4-11(10)20-12/h1-4,12,15H,5-7H2,(H,16,17,18). The molecule has 1 aromatic carbocycles. The molecule has 1 atom stereocenters. The maximum Gasteiger partial charge on any atom is 0.255 e. The van der Waals surface area contributed by atoms with Gasteiger partial charge in [-0.3, -0.25) is 4.79 Å². The van der Waals surface area contributed by atoms with Gasteiger partial charge in [-0.1, -0.05) is 12.1 Å². The van der Waals surface area contributed by atoms with Gasteiger partial charge in [-0.2, -0.15) is 0 Å². The molecule has 0 saturated heterocycles. The lowest BCUT2D eigenvalue weighted by Crippen LogP contribution is -2.27. The molecule has 3 heterocycles. The van der Waals surface area contributed by atoms with E-state index in [1.807, 2.05) is 24.3 Å². The molecule has 1 aromatic heterocycles. The van der Waals surface area contributed by atoms with Crippen LogP contribution in [0.3, 0.4) is 0 Å². The minimum Gasteiger partial charge on any atom is -0.485 e. The van der Waals surface area contributed by atoms with E-state index < -0.39 is 0 Å². The quantitative estimate of drug-likeness (QED) is 0.805. The number of hydrogen-bond donors (Lipinski definition) is 2. The van der Waals surface area contributed by atoms with E-state index in [4.69, 9.17) is 9.47 Å². The lowest BCUT2D eigenvalue weighted by atomic mass is 10.2. The molecule has 0 radical (unpaired) electrons. The average Bonchev–Trinajstić information content (AvgIpc) is 2.96. The van der Waals surface area contributed by atoms with Crippen LogP contribution in [0.25, 0.3) is 0 Å². The Bertz CT molecular complexity index is 726. The topological polar surface area (TPSA) is 76.2 Å². The largest absolute Gasteiger partial charge is 0.485 e. The molecule has 0 amide bonds. The second-order valence-corrected chi connectivity index (χ2v) is 4.84. The third-order valence-corrected chi connectivity index (χ3v) is 3.53. The fraction of sp³-hybridized carbons (Fsp3) is 0.286. The van der Waals surface area contributed by atoms with Gasteiger partial charge in [0.1, 0.15) is 6.61 Å². The summed E-state index contributed by atoms with van der Waals surface area (Å²) in [5.74, 6) is 1.91. The van der Waals surface area contributed by atoms with Gasteiger partial charge in [0.2, 0.25) is 0 Å². The van der Waals surface area contributed by atoms with Gasteiger partial charge in [0, 0.05) is 13.1 Å². The normalized spacial score (nSPS) is 19.7. The first-order valence-corrected chi connectivity index (χ1v) is 6.52. The summed E-state index contributed by atoms with van der Waals surface area (Å²) < 4.78 is 11.5. The fourth-order valence-electron chi connectivity index (χ4n) is 2.50. The van der Waals surface area contributed by atoms with Crippen LogP contribution >= 0.6 is 0 Å². The van der Waals surface area contributed by atoms with Crippen LogP contribution in [0.5, 0.6) is 11.5 Å². The molecule has 4 rings (SSSR count). The van der Waals surface area contributed by atoms with Crippen LogP contribution in [0, 0.1) is 0 Å². The Balaban J connectivity index is 1.70. The number of para-hydroxylation sites is 2. The molecular formula is C14H13N3O3. The third kappa shape index (κ3) is 1.77. The SMILES string of the molecule is O=c1[nH]c(C2COc3ccccc3O2)nc2c1CNC2. The number of aromatic nitrogens is 2. The van der Waals surface area contributed by atoms with Crippen molar-refractivity contribution in [1.29, 1.82) is 0 Å². The van der Waals surface area contributed by atoms with Crippen LogP contribution in [0.4, 0.5) is 0 Å². The summed E-state index contributed by atoms with van der Waals surface area (Å²) in [6.45, 7) is 1.53. The highest BCUT2D eigenvalue weighted by Crippen LogP contribution is 2.34. The van der Waals surface area contributed by atoms with Crippen molar-refractivity contribution >= 4 is 0 Å². The Hall–Kier alpha value is -2.34. The number of benzene rings is 1. The van der Waals surface area contributed by atoms with Crippen LogP contribution in [-0.2, 0) is 13.1 Å². The van der Waals surface area contributed by atoms with E-state index in [9.17, 15) is 4.79 Å². The fourth-order valence-corrected chi connectivity index (χ4v) is 2.50. The van der Waals surface area contributed by atoms with Crippen LogP contribution in [0.15, 0.2) is 29.1 Å². The zero-order chi connectivity index (χ0) is 13.5. The van der Waals surface area contributed by atoms with Gasteiger partial charge in [-0.25, -0.2) is 4.98 Å². The molecule has 2 aliphatic rings. The van der Waals surface area contributed by atoms with Gasteiger partial charge in [-0.05, 0) is 12.1 Å². The third-order valence-electron chi connectivity index (χ3n) is 3.53. The number of H-pyrrole nitrogens is 1. The first-order valence-electron chi connectivity index (χ1n) is 6.52. The Morgan fingerprint density at radius 2 is 2.05 bits per heavy atom. The van der Waals surface area contributed by atoms with Gasteiger partial charge >= 0.3 is 0 Å². The van der Waals surface area contributed by atoms with Crippen molar-refractivity contribution in [2.24, 2.45) is 0 Å². The summed E-state index contributed by atoms with van der Waals surface area (Å²) in [5.41, 5.74) is 1.41. The van der Waals surface area contributed by atoms with Crippen molar-refractivity contribution in [3.05, 3.63) is 51.7 Å². The van der Waals surface area contributed by atoms with E-state index in [2.05, 4.69) is 15.3 Å². The molecule has 20 heavy (non-hydrogen) atoms. The number of ether oxygens (including phenoxy) is 2. The lowest BCUT2D eigenvalue weighted by Gasteiger charge is -2.25. The smallest absolute Gasteiger partial charge is 0.255 e. The van der Waals surface area contributed by atoms with Gasteiger partial charge in [-0.15, -0.1) is 0 Å². The lowest BCUT2D eigenvalue weighted by molar-refractivity contribution is 0.0847. The van der Waals surface area contributed by atoms with Crippen molar-refractivity contribution in [3.8, 4) is 11.5 Å². The highest BCUT2D eigenvalue weighted by atomic mass is 16.6. The number of rotatable bonds is 1. The molecule has 0 fully saturated rings. The Morgan fingerprint density at radius 1 is 1.20 bits per heavy atom. The van der Waals surface area contributed by atoms with Gasteiger partial charge < -0.3 is 19.8 Å². The second-order valence-electron chi connectivity index (χ2n) is 4.84. The number of fused-ring (bicyclic) bond motifs is 2. The van der Waals surface area contributed by atoms with Crippen LogP contribution < -0.4 is 20.3 Å². The number of nitrogens with zero attached hydrogens (tertiary/aromatic N) is 1. The van der Waals surface area contributed by atoms with E-state index in [-0.39, 0.29) is 11.7 Å². The number of hydrogen-bond acceptors (Lipinski definition) is 5. The number of aromatic amines is 1. The Labute approximate surface area is 114 Å². The van der Waals surface area contributed by atoms with Crippen molar-refractivity contribution in [2.45, 2.75) is 19.2 Å². The van der Waals surface area contributed by atoms with E-state index in [0.29, 0.717) is 42.6 Å². The average molecular weight is 271 g/mol. The van der Waals surface area contributed by atoms with Gasteiger partial charge in [0.05, 0.1) is 11.3 Å². The molecule has 0 aliphatic carbocycles. The predicted octanol–water partition coefficient (Wildman–Crippen LogP) is 0.886. The van der Waals surface area contributed by atoms with Crippen LogP contribution in [0.2, 0.25) is 0 Å². The molecule has 0 spiro atoms. The minimum atomic E-state index is -0.386. The Kier molecular flexibility index (Phi) is 2.50. The highest BCUT2D eigenvalue weighted by molar-refractivity contribution is 5.41. The van der Waals surface area contributed by atoms with Crippen molar-refractivity contribution in [2.75, 3.05) is 6.61 Å². The Morgan fingerprint density at radius 3 is 2.95 bits per heavy atom. The molecule has 1 unspecified atom stereocenters. The predicted molar refractivity (Wildman–Crippen MR) is 70.7 cm³/mol. The maximum absolute atomic E-state index is 12.0. The zero-order valence-corrected chi connectivity index (χ0v) is 10.7. The van der Waals surface area contributed by atoms with Crippen molar-refractivity contribution in [1.82, 2.24) is 15.3 Å². The van der Waals surface area contributed by atoms with E-state index >= 15 is 0 Å². The number of nitrogens with one attached hydrogen (secondary N) is 2. The van der Waals surface area contributed by atoms with E-state index in [1.165, 1.54) is 0 Å². The summed E-state index contributed by atoms with van der Waals surface area (Å²) >= 11 is 0. The summed E-state index contributed by atoms with van der Waals surface area (Å²) in [4.78, 5) is 19.3. The monoisotopic (exact) mass is 271 g/mol. The molecule has 0 saturated carbocycles. The maximum atomic E-state index is 12.0. The van der Waals surface area contributed by atoms with Gasteiger partial charge in [0.15, 0.2) is 23.4 Å². The summed E-state index contributed by atoms with van der Waals surface area (Å²) in [6, 6.07) is 7.47. The first kappa shape index (κ1) is 11.5. The van der Waals surface area contributed by atoms with Crippen LogP contribution in [-0.4, -0.2) is 16.6 Å². The van der Waals surface area contributed by atoms with Gasteiger partial charge in [0.25, 0.3) is 5.56 Å². The molecule has 0 bridgehead atoms. The van der Waals surface area contributed by atoms with E-state index in [1.54, 1.807) is 0 Å². The molecule has 6 nitrogen and oxygen atoms in total. The van der Waals surface area contributed by atoms with Crippen molar-refractivity contribution in [3.63, 3.8) is 0 Å². The molecule has 2 aliphatic heterocycles. The summed E-state index contributed by atoms with van der Waals surface area (Å²) in [5, 5.41) is 3.12. The second kappa shape index (κ2) is 4.35. The zero-order valence-electron chi connectivity index (χ0n) is 10.7. The van der Waals surface area contributed by atoms with Crippen molar-refractivity contribution < 1.29 is 9.47 Å².